The summed E-state index contributed by atoms with van der Waals surface area (Å²) in [5.74, 6) is -0.418. The number of fused-ring (bicyclic) bond motifs is 1. The second kappa shape index (κ2) is 9.88. The molecule has 0 bridgehead atoms. The van der Waals surface area contributed by atoms with E-state index in [1.807, 2.05) is 25.1 Å². The van der Waals surface area contributed by atoms with E-state index in [0.29, 0.717) is 38.0 Å². The number of ether oxygens (including phenoxy) is 1. The molecule has 1 aliphatic rings. The molecule has 0 spiro atoms. The summed E-state index contributed by atoms with van der Waals surface area (Å²) < 4.78 is 6.59. The Kier molecular flexibility index (Phi) is 7.23. The Labute approximate surface area is 215 Å². The van der Waals surface area contributed by atoms with Crippen molar-refractivity contribution >= 4 is 29.1 Å². The van der Waals surface area contributed by atoms with Crippen molar-refractivity contribution in [2.75, 3.05) is 13.2 Å². The van der Waals surface area contributed by atoms with E-state index in [-0.39, 0.29) is 31.6 Å². The van der Waals surface area contributed by atoms with Crippen molar-refractivity contribution in [3.05, 3.63) is 98.8 Å². The second-order valence-corrected chi connectivity index (χ2v) is 10.3. The molecule has 2 N–H and O–H groups in total. The van der Waals surface area contributed by atoms with Crippen LogP contribution in [0, 0.1) is 5.92 Å². The predicted octanol–water partition coefficient (Wildman–Crippen LogP) is 5.12. The van der Waals surface area contributed by atoms with Gasteiger partial charge in [-0.2, -0.15) is 0 Å². The summed E-state index contributed by atoms with van der Waals surface area (Å²) in [5.41, 5.74) is 0.627. The van der Waals surface area contributed by atoms with Gasteiger partial charge in [0, 0.05) is 40.4 Å². The SMILES string of the molecule is C[C@@H](CO)CO[C@]1(c2ccc(Cl)cc2)c2ccc(C(C)(C)O)cc2C(=O)N1Cc1ccc(Cl)cn1. The first-order valence-electron chi connectivity index (χ1n) is 11.4. The number of carbonyl (C=O) groups is 1. The summed E-state index contributed by atoms with van der Waals surface area (Å²) in [6, 6.07) is 16.0. The lowest BCUT2D eigenvalue weighted by atomic mass is 9.89. The standard InChI is InChI=1S/C27H28Cl2N2O4/c1-17(15-32)16-35-27(18-4-7-20(28)8-5-18)24-11-6-19(26(2,3)34)12-23(24)25(33)31(27)14-22-10-9-21(29)13-30-22/h4-13,17,32,34H,14-16H2,1-3H3/t17-,27+/m0/s1. The minimum Gasteiger partial charge on any atom is -0.396 e. The van der Waals surface area contributed by atoms with E-state index < -0.39 is 11.3 Å². The maximum absolute atomic E-state index is 14.0. The molecule has 35 heavy (non-hydrogen) atoms. The van der Waals surface area contributed by atoms with Crippen molar-refractivity contribution in [1.29, 1.82) is 0 Å². The Hall–Kier alpha value is -2.48. The fraction of sp³-hybridized carbons (Fsp3) is 0.333. The van der Waals surface area contributed by atoms with Gasteiger partial charge in [0.1, 0.15) is 0 Å². The van der Waals surface area contributed by atoms with E-state index in [0.717, 1.165) is 0 Å². The second-order valence-electron chi connectivity index (χ2n) is 9.43. The number of amides is 1. The van der Waals surface area contributed by atoms with Gasteiger partial charge >= 0.3 is 0 Å². The van der Waals surface area contributed by atoms with Crippen LogP contribution in [0.25, 0.3) is 0 Å². The third kappa shape index (κ3) is 4.95. The Balaban J connectivity index is 1.93. The van der Waals surface area contributed by atoms with Crippen molar-refractivity contribution in [3.8, 4) is 0 Å². The first-order valence-corrected chi connectivity index (χ1v) is 12.1. The number of rotatable bonds is 8. The van der Waals surface area contributed by atoms with Gasteiger partial charge in [0.15, 0.2) is 5.72 Å². The van der Waals surface area contributed by atoms with Crippen LogP contribution in [0.3, 0.4) is 0 Å². The van der Waals surface area contributed by atoms with Gasteiger partial charge in [0.05, 0.1) is 29.5 Å². The lowest BCUT2D eigenvalue weighted by Gasteiger charge is -2.40. The molecule has 3 aromatic rings. The molecule has 0 aliphatic carbocycles. The van der Waals surface area contributed by atoms with Gasteiger partial charge in [-0.25, -0.2) is 0 Å². The maximum Gasteiger partial charge on any atom is 0.257 e. The summed E-state index contributed by atoms with van der Waals surface area (Å²) in [6.07, 6.45) is 1.54. The van der Waals surface area contributed by atoms with Crippen LogP contribution in [0.5, 0.6) is 0 Å². The van der Waals surface area contributed by atoms with Crippen LogP contribution in [0.4, 0.5) is 0 Å². The molecule has 1 aromatic heterocycles. The Morgan fingerprint density at radius 2 is 1.77 bits per heavy atom. The fourth-order valence-electron chi connectivity index (χ4n) is 4.22. The Morgan fingerprint density at radius 3 is 2.37 bits per heavy atom. The van der Waals surface area contributed by atoms with Crippen molar-refractivity contribution in [3.63, 3.8) is 0 Å². The molecule has 0 radical (unpaired) electrons. The van der Waals surface area contributed by atoms with Gasteiger partial charge in [-0.3, -0.25) is 14.7 Å². The van der Waals surface area contributed by atoms with Crippen LogP contribution < -0.4 is 0 Å². The summed E-state index contributed by atoms with van der Waals surface area (Å²) in [6.45, 7) is 5.51. The zero-order valence-corrected chi connectivity index (χ0v) is 21.3. The molecule has 2 heterocycles. The van der Waals surface area contributed by atoms with E-state index >= 15 is 0 Å². The van der Waals surface area contributed by atoms with Crippen molar-refractivity contribution < 1.29 is 19.7 Å². The highest BCUT2D eigenvalue weighted by molar-refractivity contribution is 6.30. The van der Waals surface area contributed by atoms with Gasteiger partial charge in [-0.15, -0.1) is 0 Å². The van der Waals surface area contributed by atoms with Crippen LogP contribution >= 0.6 is 23.2 Å². The normalized spacial score (nSPS) is 18.6. The molecule has 4 rings (SSSR count). The molecule has 0 unspecified atom stereocenters. The van der Waals surface area contributed by atoms with Crippen LogP contribution in [0.15, 0.2) is 60.8 Å². The molecular weight excluding hydrogens is 487 g/mol. The van der Waals surface area contributed by atoms with Crippen molar-refractivity contribution in [2.45, 2.75) is 38.6 Å². The molecule has 0 saturated carbocycles. The number of halogens is 2. The predicted molar refractivity (Wildman–Crippen MR) is 135 cm³/mol. The first-order chi connectivity index (χ1) is 16.6. The number of hydrogen-bond donors (Lipinski definition) is 2. The third-order valence-electron chi connectivity index (χ3n) is 6.18. The maximum atomic E-state index is 14.0. The van der Waals surface area contributed by atoms with Gasteiger partial charge < -0.3 is 14.9 Å². The lowest BCUT2D eigenvalue weighted by Crippen LogP contribution is -2.47. The van der Waals surface area contributed by atoms with E-state index in [4.69, 9.17) is 27.9 Å². The summed E-state index contributed by atoms with van der Waals surface area (Å²) in [5, 5.41) is 21.3. The number of aliphatic hydroxyl groups is 2. The Bertz CT molecular complexity index is 1210. The zero-order chi connectivity index (χ0) is 25.4. The number of carbonyl (C=O) groups excluding carboxylic acids is 1. The van der Waals surface area contributed by atoms with Crippen molar-refractivity contribution in [2.24, 2.45) is 5.92 Å². The molecule has 1 amide bonds. The number of hydrogen-bond acceptors (Lipinski definition) is 5. The number of aromatic nitrogens is 1. The summed E-state index contributed by atoms with van der Waals surface area (Å²) >= 11 is 12.2. The highest BCUT2D eigenvalue weighted by Gasteiger charge is 2.52. The highest BCUT2D eigenvalue weighted by Crippen LogP contribution is 2.47. The van der Waals surface area contributed by atoms with E-state index in [1.165, 1.54) is 6.20 Å². The molecule has 8 heteroatoms. The van der Waals surface area contributed by atoms with Gasteiger partial charge in [0.25, 0.3) is 5.91 Å². The minimum atomic E-state index is -1.29. The molecular formula is C27H28Cl2N2O4. The van der Waals surface area contributed by atoms with Crippen LogP contribution in [-0.2, 0) is 22.6 Å². The van der Waals surface area contributed by atoms with Crippen molar-refractivity contribution in [1.82, 2.24) is 9.88 Å². The molecule has 0 fully saturated rings. The average molecular weight is 515 g/mol. The summed E-state index contributed by atoms with van der Waals surface area (Å²) in [4.78, 5) is 20.0. The average Bonchev–Trinajstić information content (AvgIpc) is 3.06. The zero-order valence-electron chi connectivity index (χ0n) is 19.8. The molecule has 6 nitrogen and oxygen atoms in total. The Morgan fingerprint density at radius 1 is 1.09 bits per heavy atom. The van der Waals surface area contributed by atoms with E-state index in [2.05, 4.69) is 4.98 Å². The van der Waals surface area contributed by atoms with E-state index in [1.54, 1.807) is 55.1 Å². The van der Waals surface area contributed by atoms with Crippen LogP contribution in [0.2, 0.25) is 10.0 Å². The first kappa shape index (κ1) is 25.6. The third-order valence-corrected chi connectivity index (χ3v) is 6.65. The number of nitrogens with zero attached hydrogens (tertiary/aromatic N) is 2. The van der Waals surface area contributed by atoms with Gasteiger partial charge in [-0.05, 0) is 49.7 Å². The quantitative estimate of drug-likeness (QED) is 0.435. The number of benzene rings is 2. The molecule has 2 aromatic carbocycles. The smallest absolute Gasteiger partial charge is 0.257 e. The van der Waals surface area contributed by atoms with Crippen LogP contribution in [-0.4, -0.2) is 39.2 Å². The molecule has 0 saturated heterocycles. The number of pyridine rings is 1. The van der Waals surface area contributed by atoms with Crippen LogP contribution in [0.1, 0.15) is 53.5 Å². The van der Waals surface area contributed by atoms with Gasteiger partial charge in [0.2, 0.25) is 0 Å². The van der Waals surface area contributed by atoms with Gasteiger partial charge in [-0.1, -0.05) is 54.4 Å². The molecule has 184 valence electrons. The monoisotopic (exact) mass is 514 g/mol. The largest absolute Gasteiger partial charge is 0.396 e. The minimum absolute atomic E-state index is 0.0616. The van der Waals surface area contributed by atoms with E-state index in [9.17, 15) is 15.0 Å². The molecule has 2 atom stereocenters. The summed E-state index contributed by atoms with van der Waals surface area (Å²) in [7, 11) is 0. The molecule has 1 aliphatic heterocycles. The highest BCUT2D eigenvalue weighted by atomic mass is 35.5. The fourth-order valence-corrected chi connectivity index (χ4v) is 4.46. The lowest BCUT2D eigenvalue weighted by molar-refractivity contribution is -0.123. The number of aliphatic hydroxyl groups excluding tert-OH is 1. The topological polar surface area (TPSA) is 82.9 Å².